The van der Waals surface area contributed by atoms with E-state index in [2.05, 4.69) is 5.32 Å². The van der Waals surface area contributed by atoms with Gasteiger partial charge in [-0.3, -0.25) is 14.4 Å². The summed E-state index contributed by atoms with van der Waals surface area (Å²) in [7, 11) is 0. The summed E-state index contributed by atoms with van der Waals surface area (Å²) in [5.74, 6) is -0.304. The van der Waals surface area contributed by atoms with Crippen LogP contribution in [0.5, 0.6) is 0 Å². The first-order chi connectivity index (χ1) is 14.5. The minimum atomic E-state index is -0.406. The molecular weight excluding hydrogens is 387 g/mol. The lowest BCUT2D eigenvalue weighted by molar-refractivity contribution is -0.127. The summed E-state index contributed by atoms with van der Waals surface area (Å²) in [6.07, 6.45) is 4.80. The van der Waals surface area contributed by atoms with Crippen molar-refractivity contribution < 1.29 is 14.0 Å². The minimum Gasteiger partial charge on any atom is -0.356 e. The number of rotatable bonds is 8. The van der Waals surface area contributed by atoms with Gasteiger partial charge in [-0.25, -0.2) is 4.39 Å². The Kier molecular flexibility index (Phi) is 5.83. The van der Waals surface area contributed by atoms with E-state index in [1.165, 1.54) is 12.1 Å². The van der Waals surface area contributed by atoms with Gasteiger partial charge in [0.05, 0.1) is 11.0 Å². The van der Waals surface area contributed by atoms with Crippen LogP contribution >= 0.6 is 0 Å². The molecule has 1 aliphatic rings. The highest BCUT2D eigenvalue weighted by Gasteiger charge is 2.19. The molecule has 0 aliphatic carbocycles. The maximum atomic E-state index is 13.8. The normalized spacial score (nSPS) is 14.2. The number of aryl methyl sites for hydroxylation is 1. The fourth-order valence-corrected chi connectivity index (χ4v) is 4.08. The van der Waals surface area contributed by atoms with Crippen molar-refractivity contribution in [3.8, 4) is 0 Å². The van der Waals surface area contributed by atoms with Gasteiger partial charge in [-0.05, 0) is 49.6 Å². The van der Waals surface area contributed by atoms with Crippen LogP contribution in [0.4, 0.5) is 4.39 Å². The zero-order valence-electron chi connectivity index (χ0n) is 16.8. The second-order valence-electron chi connectivity index (χ2n) is 7.64. The van der Waals surface area contributed by atoms with Gasteiger partial charge in [0, 0.05) is 45.2 Å². The number of likely N-dealkylation sites (tertiary alicyclic amines) is 1. The Morgan fingerprint density at radius 3 is 2.73 bits per heavy atom. The molecule has 3 heterocycles. The van der Waals surface area contributed by atoms with E-state index >= 15 is 0 Å². The Morgan fingerprint density at radius 2 is 1.93 bits per heavy atom. The summed E-state index contributed by atoms with van der Waals surface area (Å²) < 4.78 is 17.1. The van der Waals surface area contributed by atoms with Gasteiger partial charge in [0.15, 0.2) is 0 Å². The molecule has 1 aliphatic heterocycles. The molecule has 0 spiro atoms. The summed E-state index contributed by atoms with van der Waals surface area (Å²) in [5.41, 5.74) is 1.58. The van der Waals surface area contributed by atoms with Gasteiger partial charge in [-0.15, -0.1) is 0 Å². The smallest absolute Gasteiger partial charge is 0.275 e. The van der Waals surface area contributed by atoms with Gasteiger partial charge in [0.25, 0.3) is 5.56 Å². The number of nitrogens with zero attached hydrogens (tertiary/aromatic N) is 3. The van der Waals surface area contributed by atoms with Crippen molar-refractivity contribution in [3.05, 3.63) is 52.7 Å². The van der Waals surface area contributed by atoms with Crippen LogP contribution < -0.4 is 10.9 Å². The molecule has 2 aromatic heterocycles. The Balaban J connectivity index is 1.34. The van der Waals surface area contributed by atoms with Crippen LogP contribution in [-0.2, 0) is 16.1 Å². The van der Waals surface area contributed by atoms with E-state index < -0.39 is 5.82 Å². The monoisotopic (exact) mass is 412 g/mol. The molecule has 0 saturated carbocycles. The SMILES string of the molecule is O=C(CCCn1c(=O)c2cccn2c2ccc(F)cc21)NCCCN1CCCC1=O. The Morgan fingerprint density at radius 1 is 1.07 bits per heavy atom. The average molecular weight is 412 g/mol. The highest BCUT2D eigenvalue weighted by molar-refractivity contribution is 5.79. The maximum Gasteiger partial charge on any atom is 0.275 e. The Bertz CT molecular complexity index is 1150. The third-order valence-electron chi connectivity index (χ3n) is 5.58. The van der Waals surface area contributed by atoms with Crippen LogP contribution in [-0.4, -0.2) is 45.3 Å². The van der Waals surface area contributed by atoms with Crippen LogP contribution in [0.1, 0.15) is 32.1 Å². The molecule has 1 N–H and O–H groups in total. The van der Waals surface area contributed by atoms with Crippen molar-refractivity contribution in [3.63, 3.8) is 0 Å². The summed E-state index contributed by atoms with van der Waals surface area (Å²) >= 11 is 0. The highest BCUT2D eigenvalue weighted by atomic mass is 19.1. The first kappa shape index (κ1) is 20.1. The number of aromatic nitrogens is 2. The third kappa shape index (κ3) is 4.08. The summed E-state index contributed by atoms with van der Waals surface area (Å²) in [6.45, 7) is 2.33. The lowest BCUT2D eigenvalue weighted by atomic mass is 10.2. The molecule has 4 rings (SSSR count). The molecule has 158 valence electrons. The van der Waals surface area contributed by atoms with Crippen LogP contribution in [0.2, 0.25) is 0 Å². The molecule has 0 atom stereocenters. The number of benzene rings is 1. The van der Waals surface area contributed by atoms with E-state index in [1.807, 2.05) is 4.90 Å². The minimum absolute atomic E-state index is 0.0879. The van der Waals surface area contributed by atoms with E-state index in [-0.39, 0.29) is 23.8 Å². The summed E-state index contributed by atoms with van der Waals surface area (Å²) in [6, 6.07) is 7.91. The molecule has 0 unspecified atom stereocenters. The van der Waals surface area contributed by atoms with E-state index in [4.69, 9.17) is 0 Å². The zero-order chi connectivity index (χ0) is 21.1. The molecular formula is C22H25FN4O3. The number of carbonyl (C=O) groups excluding carboxylic acids is 2. The Labute approximate surface area is 173 Å². The van der Waals surface area contributed by atoms with Gasteiger partial charge in [0.1, 0.15) is 11.3 Å². The Hall–Kier alpha value is -3.16. The molecule has 0 bridgehead atoms. The van der Waals surface area contributed by atoms with E-state index in [0.717, 1.165) is 24.9 Å². The summed E-state index contributed by atoms with van der Waals surface area (Å²) in [5, 5.41) is 2.87. The highest BCUT2D eigenvalue weighted by Crippen LogP contribution is 2.17. The van der Waals surface area contributed by atoms with E-state index in [0.29, 0.717) is 43.5 Å². The molecule has 8 heteroatoms. The molecule has 1 fully saturated rings. The first-order valence-corrected chi connectivity index (χ1v) is 10.4. The molecule has 3 aromatic rings. The second kappa shape index (κ2) is 8.69. The molecule has 0 radical (unpaired) electrons. The number of halogens is 1. The topological polar surface area (TPSA) is 75.8 Å². The van der Waals surface area contributed by atoms with Crippen LogP contribution in [0.25, 0.3) is 16.6 Å². The fourth-order valence-electron chi connectivity index (χ4n) is 4.08. The molecule has 1 saturated heterocycles. The van der Waals surface area contributed by atoms with Gasteiger partial charge >= 0.3 is 0 Å². The number of hydrogen-bond acceptors (Lipinski definition) is 3. The molecule has 30 heavy (non-hydrogen) atoms. The largest absolute Gasteiger partial charge is 0.356 e. The standard InChI is InChI=1S/C22H25FN4O3/c23-16-8-9-17-19(15-16)27(22(30)18-5-1-13-26(17)18)14-2-6-20(28)24-10-4-12-25-11-3-7-21(25)29/h1,5,8-9,13,15H,2-4,6-7,10-12,14H2,(H,24,28). The summed E-state index contributed by atoms with van der Waals surface area (Å²) in [4.78, 5) is 38.4. The van der Waals surface area contributed by atoms with Gasteiger partial charge in [-0.1, -0.05) is 0 Å². The third-order valence-corrected chi connectivity index (χ3v) is 5.58. The van der Waals surface area contributed by atoms with Gasteiger partial charge in [0.2, 0.25) is 11.8 Å². The first-order valence-electron chi connectivity index (χ1n) is 10.4. The van der Waals surface area contributed by atoms with Crippen molar-refractivity contribution >= 4 is 28.4 Å². The van der Waals surface area contributed by atoms with Crippen molar-refractivity contribution in [2.45, 2.75) is 38.6 Å². The number of hydrogen-bond donors (Lipinski definition) is 1. The van der Waals surface area contributed by atoms with Crippen molar-refractivity contribution in [2.75, 3.05) is 19.6 Å². The molecule has 1 aromatic carbocycles. The number of amides is 2. The van der Waals surface area contributed by atoms with E-state index in [1.54, 1.807) is 33.4 Å². The predicted octanol–water partition coefficient (Wildman–Crippen LogP) is 2.30. The van der Waals surface area contributed by atoms with Gasteiger partial charge < -0.3 is 19.2 Å². The van der Waals surface area contributed by atoms with E-state index in [9.17, 15) is 18.8 Å². The lowest BCUT2D eigenvalue weighted by Crippen LogP contribution is -2.30. The lowest BCUT2D eigenvalue weighted by Gasteiger charge is -2.15. The van der Waals surface area contributed by atoms with Crippen molar-refractivity contribution in [2.24, 2.45) is 0 Å². The molecule has 7 nitrogen and oxygen atoms in total. The van der Waals surface area contributed by atoms with Crippen LogP contribution in [0.3, 0.4) is 0 Å². The quantitative estimate of drug-likeness (QED) is 0.577. The predicted molar refractivity (Wildman–Crippen MR) is 112 cm³/mol. The van der Waals surface area contributed by atoms with Crippen LogP contribution in [0.15, 0.2) is 41.3 Å². The number of fused-ring (bicyclic) bond motifs is 3. The fraction of sp³-hybridized carbons (Fsp3) is 0.409. The number of nitrogens with one attached hydrogen (secondary N) is 1. The maximum absolute atomic E-state index is 13.8. The average Bonchev–Trinajstić information content (AvgIpc) is 3.37. The number of carbonyl (C=O) groups is 2. The zero-order valence-corrected chi connectivity index (χ0v) is 16.8. The van der Waals surface area contributed by atoms with Crippen molar-refractivity contribution in [1.29, 1.82) is 0 Å². The van der Waals surface area contributed by atoms with Gasteiger partial charge in [-0.2, -0.15) is 0 Å². The van der Waals surface area contributed by atoms with Crippen LogP contribution in [0, 0.1) is 5.82 Å². The van der Waals surface area contributed by atoms with Crippen molar-refractivity contribution in [1.82, 2.24) is 19.2 Å². The second-order valence-corrected chi connectivity index (χ2v) is 7.64. The molecule has 2 amide bonds.